The number of likely N-dealkylation sites (N-methyl/N-ethyl adjacent to an activating group) is 1. The number of fused-ring (bicyclic) bond motifs is 1. The summed E-state index contributed by atoms with van der Waals surface area (Å²) in [4.78, 5) is 22.5. The Kier molecular flexibility index (Phi) is 8.49. The minimum atomic E-state index is -0.775. The minimum Gasteiger partial charge on any atom is -0.383 e. The summed E-state index contributed by atoms with van der Waals surface area (Å²) in [7, 11) is 1.68. The Hall–Kier alpha value is -1.92. The van der Waals surface area contributed by atoms with E-state index >= 15 is 0 Å². The van der Waals surface area contributed by atoms with Gasteiger partial charge in [-0.15, -0.1) is 0 Å². The molecule has 0 radical (unpaired) electrons. The summed E-state index contributed by atoms with van der Waals surface area (Å²) in [5.41, 5.74) is 2.70. The number of carbonyl (C=O) groups is 1. The molecule has 3 aliphatic carbocycles. The van der Waals surface area contributed by atoms with Crippen molar-refractivity contribution < 1.29 is 9.53 Å². The Morgan fingerprint density at radius 3 is 2.53 bits per heavy atom. The van der Waals surface area contributed by atoms with Gasteiger partial charge >= 0.3 is 0 Å². The highest BCUT2D eigenvalue weighted by molar-refractivity contribution is 5.90. The number of carbonyl (C=O) groups excluding carboxylic acids is 1. The van der Waals surface area contributed by atoms with Crippen molar-refractivity contribution in [2.45, 2.75) is 103 Å². The first-order valence-electron chi connectivity index (χ1n) is 15.4. The van der Waals surface area contributed by atoms with E-state index in [0.29, 0.717) is 23.9 Å². The van der Waals surface area contributed by atoms with E-state index in [1.54, 1.807) is 7.11 Å². The van der Waals surface area contributed by atoms with Crippen LogP contribution in [0.3, 0.4) is 0 Å². The lowest BCUT2D eigenvalue weighted by molar-refractivity contribution is -0.129. The summed E-state index contributed by atoms with van der Waals surface area (Å²) in [5, 5.41) is 6.85. The van der Waals surface area contributed by atoms with E-state index in [9.17, 15) is 4.79 Å². The lowest BCUT2D eigenvalue weighted by Crippen LogP contribution is -2.55. The van der Waals surface area contributed by atoms with Crippen LogP contribution in [0.15, 0.2) is 18.2 Å². The van der Waals surface area contributed by atoms with Crippen molar-refractivity contribution in [3.05, 3.63) is 29.6 Å². The van der Waals surface area contributed by atoms with Gasteiger partial charge in [0.1, 0.15) is 5.82 Å². The third-order valence-corrected chi connectivity index (χ3v) is 10.3. The van der Waals surface area contributed by atoms with Gasteiger partial charge in [0, 0.05) is 26.1 Å². The average Bonchev–Trinajstić information content (AvgIpc) is 3.50. The predicted octanol–water partition coefficient (Wildman–Crippen LogP) is 5.90. The molecular weight excluding hydrogens is 472 g/mol. The van der Waals surface area contributed by atoms with Crippen molar-refractivity contribution in [3.63, 3.8) is 0 Å². The number of ether oxygens (including phenoxy) is 1. The van der Waals surface area contributed by atoms with E-state index in [4.69, 9.17) is 9.72 Å². The zero-order chi connectivity index (χ0) is 26.8. The van der Waals surface area contributed by atoms with Crippen molar-refractivity contribution in [1.29, 1.82) is 0 Å². The normalized spacial score (nSPS) is 22.9. The molecule has 3 saturated carbocycles. The van der Waals surface area contributed by atoms with E-state index in [-0.39, 0.29) is 11.9 Å². The van der Waals surface area contributed by atoms with Crippen LogP contribution in [-0.4, -0.2) is 48.7 Å². The van der Waals surface area contributed by atoms with Crippen LogP contribution in [-0.2, 0) is 21.4 Å². The van der Waals surface area contributed by atoms with E-state index in [1.807, 2.05) is 6.92 Å². The van der Waals surface area contributed by atoms with Crippen molar-refractivity contribution in [2.75, 3.05) is 26.8 Å². The van der Waals surface area contributed by atoms with Gasteiger partial charge in [0.25, 0.3) is 0 Å². The minimum absolute atomic E-state index is 0.0447. The quantitative estimate of drug-likeness (QED) is 0.306. The maximum atomic E-state index is 13.8. The first kappa shape index (κ1) is 27.6. The lowest BCUT2D eigenvalue weighted by atomic mass is 9.71. The van der Waals surface area contributed by atoms with Gasteiger partial charge in [-0.25, -0.2) is 4.98 Å². The number of amides is 1. The molecule has 3 aliphatic rings. The molecule has 6 heteroatoms. The number of H-pyrrole nitrogens is 1. The molecule has 1 heterocycles. The monoisotopic (exact) mass is 522 g/mol. The number of hydrogen-bond acceptors (Lipinski definition) is 4. The molecule has 0 spiro atoms. The second-order valence-corrected chi connectivity index (χ2v) is 13.1. The van der Waals surface area contributed by atoms with Gasteiger partial charge in [-0.3, -0.25) is 4.79 Å². The van der Waals surface area contributed by atoms with Crippen LogP contribution in [0, 0.1) is 23.2 Å². The first-order valence-corrected chi connectivity index (χ1v) is 15.4. The van der Waals surface area contributed by atoms with E-state index < -0.39 is 5.41 Å². The van der Waals surface area contributed by atoms with E-state index in [2.05, 4.69) is 47.7 Å². The molecule has 0 saturated heterocycles. The van der Waals surface area contributed by atoms with Gasteiger partial charge < -0.3 is 20.4 Å². The molecule has 210 valence electrons. The number of nitrogens with zero attached hydrogens (tertiary/aromatic N) is 1. The molecule has 3 N–H and O–H groups in total. The SMILES string of the molecule is CCNC[C@H](NC(=O)C(C)(COC)c1ccc2[nH]c(CC(C3CCCCC3)C3(C)CC3)nc2c1)C1CCC1. The summed E-state index contributed by atoms with van der Waals surface area (Å²) in [6.07, 6.45) is 14.3. The maximum Gasteiger partial charge on any atom is 0.232 e. The molecule has 5 rings (SSSR count). The molecule has 0 bridgehead atoms. The number of aromatic amines is 1. The van der Waals surface area contributed by atoms with E-state index in [0.717, 1.165) is 47.8 Å². The van der Waals surface area contributed by atoms with Gasteiger partial charge in [-0.05, 0) is 80.0 Å². The number of benzene rings is 1. The zero-order valence-electron chi connectivity index (χ0n) is 24.2. The van der Waals surface area contributed by atoms with Crippen LogP contribution in [0.5, 0.6) is 0 Å². The third kappa shape index (κ3) is 5.82. The smallest absolute Gasteiger partial charge is 0.232 e. The Bertz CT molecular complexity index is 1080. The summed E-state index contributed by atoms with van der Waals surface area (Å²) in [6, 6.07) is 6.48. The fourth-order valence-electron chi connectivity index (χ4n) is 7.17. The van der Waals surface area contributed by atoms with Crippen LogP contribution in [0.25, 0.3) is 11.0 Å². The molecule has 3 fully saturated rings. The maximum absolute atomic E-state index is 13.8. The number of aromatic nitrogens is 2. The van der Waals surface area contributed by atoms with Crippen LogP contribution >= 0.6 is 0 Å². The molecule has 6 nitrogen and oxygen atoms in total. The van der Waals surface area contributed by atoms with Crippen LogP contribution in [0.4, 0.5) is 0 Å². The number of imidazole rings is 1. The van der Waals surface area contributed by atoms with E-state index in [1.165, 1.54) is 64.2 Å². The molecule has 1 aromatic carbocycles. The molecule has 2 unspecified atom stereocenters. The fourth-order valence-corrected chi connectivity index (χ4v) is 7.17. The van der Waals surface area contributed by atoms with Gasteiger partial charge in [-0.2, -0.15) is 0 Å². The van der Waals surface area contributed by atoms with Crippen molar-refractivity contribution in [3.8, 4) is 0 Å². The summed E-state index contributed by atoms with van der Waals surface area (Å²) < 4.78 is 5.62. The molecule has 2 aromatic rings. The number of rotatable bonds is 13. The van der Waals surface area contributed by atoms with Gasteiger partial charge in [-0.1, -0.05) is 58.4 Å². The second-order valence-electron chi connectivity index (χ2n) is 13.1. The summed E-state index contributed by atoms with van der Waals surface area (Å²) in [6.45, 7) is 8.69. The first-order chi connectivity index (χ1) is 18.4. The Morgan fingerprint density at radius 2 is 1.89 bits per heavy atom. The number of hydrogen-bond donors (Lipinski definition) is 3. The van der Waals surface area contributed by atoms with Crippen molar-refractivity contribution in [2.24, 2.45) is 23.2 Å². The Morgan fingerprint density at radius 1 is 1.16 bits per heavy atom. The highest BCUT2D eigenvalue weighted by atomic mass is 16.5. The Labute approximate surface area is 229 Å². The van der Waals surface area contributed by atoms with Crippen LogP contribution < -0.4 is 10.6 Å². The standard InChI is InChI=1S/C32H50N4O2/c1-5-33-20-28(23-12-9-13-23)36-30(37)32(3,21-38-4)24-14-15-26-27(18-24)35-29(34-26)19-25(31(2)16-17-31)22-10-7-6-8-11-22/h14-15,18,22-23,25,28,33H,5-13,16-17,19-21H2,1-4H3,(H,34,35)(H,36,37)/t25?,28-,32?/m0/s1. The average molecular weight is 523 g/mol. The molecule has 38 heavy (non-hydrogen) atoms. The largest absolute Gasteiger partial charge is 0.383 e. The van der Waals surface area contributed by atoms with Gasteiger partial charge in [0.05, 0.1) is 23.1 Å². The van der Waals surface area contributed by atoms with Gasteiger partial charge in [0.2, 0.25) is 5.91 Å². The molecule has 1 aromatic heterocycles. The molecular formula is C32H50N4O2. The third-order valence-electron chi connectivity index (χ3n) is 10.3. The number of nitrogens with one attached hydrogen (secondary N) is 3. The number of methoxy groups -OCH3 is 1. The van der Waals surface area contributed by atoms with Gasteiger partial charge in [0.15, 0.2) is 0 Å². The van der Waals surface area contributed by atoms with Crippen molar-refractivity contribution in [1.82, 2.24) is 20.6 Å². The Balaban J connectivity index is 1.36. The topological polar surface area (TPSA) is 79.0 Å². The fraction of sp³-hybridized carbons (Fsp3) is 0.750. The highest BCUT2D eigenvalue weighted by Crippen LogP contribution is 2.57. The molecule has 3 atom stereocenters. The second kappa shape index (κ2) is 11.7. The zero-order valence-corrected chi connectivity index (χ0v) is 24.2. The van der Waals surface area contributed by atoms with Crippen LogP contribution in [0.1, 0.15) is 96.4 Å². The molecule has 1 amide bonds. The highest BCUT2D eigenvalue weighted by Gasteiger charge is 2.48. The van der Waals surface area contributed by atoms with Crippen LogP contribution in [0.2, 0.25) is 0 Å². The predicted molar refractivity (Wildman–Crippen MR) is 154 cm³/mol. The summed E-state index contributed by atoms with van der Waals surface area (Å²) >= 11 is 0. The lowest BCUT2D eigenvalue weighted by Gasteiger charge is -2.37. The van der Waals surface area contributed by atoms with Crippen molar-refractivity contribution >= 4 is 16.9 Å². The summed E-state index contributed by atoms with van der Waals surface area (Å²) in [5.74, 6) is 3.26. The molecule has 0 aliphatic heterocycles.